The number of hydrogen-bond donors (Lipinski definition) is 2. The Balaban J connectivity index is 1.69. The molecular weight excluding hydrogens is 441 g/mol. The van der Waals surface area contributed by atoms with E-state index in [1.54, 1.807) is 7.05 Å². The Morgan fingerprint density at radius 2 is 1.85 bits per heavy atom. The fourth-order valence-electron chi connectivity index (χ4n) is 3.49. The Morgan fingerprint density at radius 3 is 2.52 bits per heavy atom. The molecule has 0 saturated carbocycles. The first kappa shape index (κ1) is 22.3. The molecule has 1 unspecified atom stereocenters. The lowest BCUT2D eigenvalue weighted by atomic mass is 10.2. The molecule has 1 atom stereocenters. The van der Waals surface area contributed by atoms with Crippen molar-refractivity contribution in [1.29, 1.82) is 0 Å². The monoisotopic (exact) mass is 460 g/mol. The van der Waals surface area contributed by atoms with Gasteiger partial charge < -0.3 is 14.4 Å². The van der Waals surface area contributed by atoms with Gasteiger partial charge in [-0.25, -0.2) is 22.9 Å². The van der Waals surface area contributed by atoms with Crippen LogP contribution < -0.4 is 16.0 Å². The summed E-state index contributed by atoms with van der Waals surface area (Å²) in [6.45, 7) is 1.22. The normalized spacial score (nSPS) is 12.3. The molecule has 2 N–H and O–H groups in total. The van der Waals surface area contributed by atoms with E-state index in [0.717, 1.165) is 22.8 Å². The van der Waals surface area contributed by atoms with E-state index in [9.17, 15) is 27.9 Å². The maximum atomic E-state index is 14.7. The molecule has 2 heterocycles. The molecule has 0 saturated heterocycles. The van der Waals surface area contributed by atoms with Crippen molar-refractivity contribution in [2.24, 2.45) is 7.05 Å². The Morgan fingerprint density at radius 1 is 1.09 bits per heavy atom. The summed E-state index contributed by atoms with van der Waals surface area (Å²) in [6, 6.07) is 7.25. The molecule has 11 heteroatoms. The van der Waals surface area contributed by atoms with Gasteiger partial charge in [0.2, 0.25) is 0 Å². The first-order valence-corrected chi connectivity index (χ1v) is 9.90. The van der Waals surface area contributed by atoms with Crippen LogP contribution in [0.4, 0.5) is 13.2 Å². The minimum atomic E-state index is -1.03. The van der Waals surface area contributed by atoms with Gasteiger partial charge in [0.25, 0.3) is 5.56 Å². The zero-order chi connectivity index (χ0) is 23.9. The van der Waals surface area contributed by atoms with Crippen LogP contribution in [0.1, 0.15) is 12.5 Å². The molecule has 33 heavy (non-hydrogen) atoms. The average Bonchev–Trinajstić information content (AvgIpc) is 3.10. The molecule has 0 fully saturated rings. The lowest BCUT2D eigenvalue weighted by Crippen LogP contribution is -2.33. The van der Waals surface area contributed by atoms with Crippen molar-refractivity contribution in [3.63, 3.8) is 0 Å². The van der Waals surface area contributed by atoms with Crippen LogP contribution in [0.25, 0.3) is 22.6 Å². The number of hydrogen-bond acceptors (Lipinski definition) is 5. The van der Waals surface area contributed by atoms with Crippen LogP contribution in [-0.4, -0.2) is 30.3 Å². The van der Waals surface area contributed by atoms with Gasteiger partial charge in [0.15, 0.2) is 34.4 Å². The lowest BCUT2D eigenvalue weighted by molar-refractivity contribution is 0.173. The summed E-state index contributed by atoms with van der Waals surface area (Å²) >= 11 is 0. The molecule has 0 bridgehead atoms. The molecule has 0 amide bonds. The minimum Gasteiger partial charge on any atom is -0.486 e. The van der Waals surface area contributed by atoms with Gasteiger partial charge in [0, 0.05) is 12.6 Å². The molecule has 4 rings (SSSR count). The summed E-state index contributed by atoms with van der Waals surface area (Å²) < 4.78 is 49.0. The number of H-pyrrole nitrogens is 1. The van der Waals surface area contributed by atoms with Gasteiger partial charge in [-0.05, 0) is 42.8 Å². The van der Waals surface area contributed by atoms with Crippen LogP contribution in [0.2, 0.25) is 0 Å². The summed E-state index contributed by atoms with van der Waals surface area (Å²) in [5.74, 6) is -2.66. The van der Waals surface area contributed by atoms with E-state index in [2.05, 4.69) is 9.97 Å². The zero-order valence-electron chi connectivity index (χ0n) is 17.6. The van der Waals surface area contributed by atoms with E-state index in [0.29, 0.717) is 11.1 Å². The molecule has 0 spiro atoms. The van der Waals surface area contributed by atoms with Gasteiger partial charge in [0.05, 0.1) is 12.6 Å². The van der Waals surface area contributed by atoms with Crippen LogP contribution in [-0.2, 0) is 20.2 Å². The summed E-state index contributed by atoms with van der Waals surface area (Å²) in [7, 11) is 1.54. The largest absolute Gasteiger partial charge is 0.486 e. The first-order chi connectivity index (χ1) is 15.7. The number of imidazole rings is 1. The number of aryl methyl sites for hydroxylation is 1. The van der Waals surface area contributed by atoms with Crippen LogP contribution in [0.15, 0.2) is 46.0 Å². The number of rotatable bonds is 6. The number of nitrogens with zero attached hydrogens (tertiary/aromatic N) is 3. The number of benzene rings is 2. The Labute approximate surface area is 184 Å². The molecule has 0 aliphatic rings. The van der Waals surface area contributed by atoms with Crippen LogP contribution in [0.3, 0.4) is 0 Å². The Hall–Kier alpha value is -3.86. The average molecular weight is 460 g/mol. The van der Waals surface area contributed by atoms with Crippen LogP contribution in [0, 0.1) is 17.5 Å². The van der Waals surface area contributed by atoms with Crippen LogP contribution >= 0.6 is 0 Å². The van der Waals surface area contributed by atoms with Gasteiger partial charge in [-0.1, -0.05) is 6.07 Å². The molecule has 8 nitrogen and oxygen atoms in total. The SMILES string of the molecule is CC(O)Cn1c(=O)[nH]c(=O)c2c1nc(-c1ccc(OCc3ccc(F)c(F)c3)c(F)c1)n2C. The second-order valence-corrected chi connectivity index (χ2v) is 7.57. The zero-order valence-corrected chi connectivity index (χ0v) is 17.6. The highest BCUT2D eigenvalue weighted by molar-refractivity contribution is 5.77. The third-order valence-electron chi connectivity index (χ3n) is 5.03. The highest BCUT2D eigenvalue weighted by Crippen LogP contribution is 2.27. The summed E-state index contributed by atoms with van der Waals surface area (Å²) in [4.78, 5) is 31.1. The number of nitrogens with one attached hydrogen (secondary N) is 1. The Bertz CT molecular complexity index is 1470. The standard InChI is InChI=1S/C22H19F3N4O4/c1-11(30)9-29-20-18(21(31)27-22(29)32)28(2)19(26-20)13-4-6-17(16(25)8-13)33-10-12-3-5-14(23)15(24)7-12/h3-8,11,30H,9-10H2,1-2H3,(H,27,31,32). The number of aromatic nitrogens is 4. The topological polar surface area (TPSA) is 102 Å². The van der Waals surface area contributed by atoms with Crippen molar-refractivity contribution in [2.75, 3.05) is 0 Å². The molecule has 4 aromatic rings. The van der Waals surface area contributed by atoms with Gasteiger partial charge in [-0.2, -0.15) is 0 Å². The summed E-state index contributed by atoms with van der Waals surface area (Å²) in [6.07, 6.45) is -0.870. The number of aliphatic hydroxyl groups excluding tert-OH is 1. The van der Waals surface area contributed by atoms with E-state index >= 15 is 0 Å². The first-order valence-electron chi connectivity index (χ1n) is 9.90. The van der Waals surface area contributed by atoms with E-state index in [4.69, 9.17) is 4.74 Å². The third kappa shape index (κ3) is 4.27. The smallest absolute Gasteiger partial charge is 0.330 e. The second-order valence-electron chi connectivity index (χ2n) is 7.57. The molecule has 0 aliphatic carbocycles. The van der Waals surface area contributed by atoms with E-state index in [-0.39, 0.29) is 35.9 Å². The maximum absolute atomic E-state index is 14.7. The Kier molecular flexibility index (Phi) is 5.81. The van der Waals surface area contributed by atoms with Crippen molar-refractivity contribution in [1.82, 2.24) is 19.1 Å². The highest BCUT2D eigenvalue weighted by Gasteiger charge is 2.19. The molecule has 0 radical (unpaired) electrons. The van der Waals surface area contributed by atoms with E-state index in [1.807, 2.05) is 0 Å². The number of halogens is 3. The predicted molar refractivity (Wildman–Crippen MR) is 113 cm³/mol. The third-order valence-corrected chi connectivity index (χ3v) is 5.03. The van der Waals surface area contributed by atoms with Crippen molar-refractivity contribution in [3.05, 3.63) is 80.3 Å². The van der Waals surface area contributed by atoms with E-state index in [1.165, 1.54) is 29.7 Å². The maximum Gasteiger partial charge on any atom is 0.330 e. The molecule has 172 valence electrons. The molecule has 2 aromatic carbocycles. The van der Waals surface area contributed by atoms with Gasteiger partial charge in [-0.3, -0.25) is 14.3 Å². The van der Waals surface area contributed by atoms with Gasteiger partial charge in [0.1, 0.15) is 12.4 Å². The predicted octanol–water partition coefficient (Wildman–Crippen LogP) is 2.47. The summed E-state index contributed by atoms with van der Waals surface area (Å²) in [5, 5.41) is 9.69. The molecule has 0 aliphatic heterocycles. The lowest BCUT2D eigenvalue weighted by Gasteiger charge is -2.09. The van der Waals surface area contributed by atoms with Crippen molar-refractivity contribution in [3.8, 4) is 17.1 Å². The van der Waals surface area contributed by atoms with Crippen molar-refractivity contribution < 1.29 is 23.0 Å². The van der Waals surface area contributed by atoms with Crippen molar-refractivity contribution >= 4 is 11.2 Å². The number of aliphatic hydroxyl groups is 1. The van der Waals surface area contributed by atoms with Gasteiger partial charge in [-0.15, -0.1) is 0 Å². The number of ether oxygens (including phenoxy) is 1. The number of fused-ring (bicyclic) bond motifs is 1. The quantitative estimate of drug-likeness (QED) is 0.460. The fraction of sp³-hybridized carbons (Fsp3) is 0.227. The molecule has 2 aromatic heterocycles. The van der Waals surface area contributed by atoms with E-state index < -0.39 is 34.8 Å². The second kappa shape index (κ2) is 8.58. The minimum absolute atomic E-state index is 0.0567. The molecular formula is C22H19F3N4O4. The van der Waals surface area contributed by atoms with Crippen molar-refractivity contribution in [2.45, 2.75) is 26.2 Å². The highest BCUT2D eigenvalue weighted by atomic mass is 19.2. The van der Waals surface area contributed by atoms with Crippen LogP contribution in [0.5, 0.6) is 5.75 Å². The summed E-state index contributed by atoms with van der Waals surface area (Å²) in [5.41, 5.74) is -0.606. The number of aromatic amines is 1. The fourth-order valence-corrected chi connectivity index (χ4v) is 3.49. The van der Waals surface area contributed by atoms with Gasteiger partial charge >= 0.3 is 5.69 Å².